The van der Waals surface area contributed by atoms with Gasteiger partial charge in [-0.05, 0) is 29.3 Å². The smallest absolute Gasteiger partial charge is 0.258 e. The highest BCUT2D eigenvalue weighted by Gasteiger charge is 2.10. The average Bonchev–Trinajstić information content (AvgIpc) is 3.18. The van der Waals surface area contributed by atoms with Gasteiger partial charge in [0.15, 0.2) is 5.82 Å². The van der Waals surface area contributed by atoms with E-state index in [0.717, 1.165) is 16.8 Å². The number of rotatable bonds is 4. The molecule has 132 valence electrons. The second-order valence-corrected chi connectivity index (χ2v) is 5.92. The van der Waals surface area contributed by atoms with Crippen LogP contribution in [0.15, 0.2) is 79.1 Å². The monoisotopic (exact) mass is 358 g/mol. The zero-order valence-corrected chi connectivity index (χ0v) is 14.2. The number of halogens is 1. The Bertz CT molecular complexity index is 1070. The lowest BCUT2D eigenvalue weighted by molar-refractivity contribution is 0.102. The maximum Gasteiger partial charge on any atom is 0.258 e. The number of anilines is 1. The standard InChI is InChI=1S/C21H15FN4O/c22-18-6-2-1-5-17(18)14-7-9-15(10-8-14)19-12-20(26-25-19)24-21(27)16-4-3-11-23-13-16/h1-13H,(H2,24,25,26,27). The van der Waals surface area contributed by atoms with E-state index in [9.17, 15) is 9.18 Å². The van der Waals surface area contributed by atoms with Gasteiger partial charge < -0.3 is 5.32 Å². The minimum Gasteiger partial charge on any atom is -0.305 e. The van der Waals surface area contributed by atoms with Gasteiger partial charge in [0.2, 0.25) is 0 Å². The lowest BCUT2D eigenvalue weighted by Gasteiger charge is -2.04. The third-order valence-electron chi connectivity index (χ3n) is 4.12. The maximum atomic E-state index is 13.9. The number of carbonyl (C=O) groups is 1. The molecule has 0 atom stereocenters. The predicted molar refractivity (Wildman–Crippen MR) is 102 cm³/mol. The van der Waals surface area contributed by atoms with Crippen molar-refractivity contribution in [1.29, 1.82) is 0 Å². The van der Waals surface area contributed by atoms with Crippen molar-refractivity contribution in [3.05, 3.63) is 90.5 Å². The summed E-state index contributed by atoms with van der Waals surface area (Å²) in [7, 11) is 0. The van der Waals surface area contributed by atoms with Gasteiger partial charge in [-0.25, -0.2) is 4.39 Å². The Labute approximate surface area is 154 Å². The lowest BCUT2D eigenvalue weighted by atomic mass is 10.0. The second kappa shape index (κ2) is 7.21. The third kappa shape index (κ3) is 3.59. The van der Waals surface area contributed by atoms with E-state index in [4.69, 9.17) is 0 Å². The van der Waals surface area contributed by atoms with Gasteiger partial charge in [-0.3, -0.25) is 14.9 Å². The molecular formula is C21H15FN4O. The molecule has 0 radical (unpaired) electrons. The van der Waals surface area contributed by atoms with Crippen molar-refractivity contribution in [2.45, 2.75) is 0 Å². The fourth-order valence-electron chi connectivity index (χ4n) is 2.74. The summed E-state index contributed by atoms with van der Waals surface area (Å²) in [5, 5.41) is 9.73. The van der Waals surface area contributed by atoms with Crippen molar-refractivity contribution in [3.63, 3.8) is 0 Å². The Balaban J connectivity index is 1.52. The minimum absolute atomic E-state index is 0.257. The van der Waals surface area contributed by atoms with Crippen molar-refractivity contribution in [1.82, 2.24) is 15.2 Å². The van der Waals surface area contributed by atoms with Crippen molar-refractivity contribution in [2.24, 2.45) is 0 Å². The van der Waals surface area contributed by atoms with Gasteiger partial charge in [0.1, 0.15) is 5.82 Å². The number of hydrogen-bond acceptors (Lipinski definition) is 3. The van der Waals surface area contributed by atoms with Gasteiger partial charge in [0, 0.05) is 24.0 Å². The fraction of sp³-hybridized carbons (Fsp3) is 0. The average molecular weight is 358 g/mol. The number of pyridine rings is 1. The summed E-state index contributed by atoms with van der Waals surface area (Å²) < 4.78 is 13.9. The van der Waals surface area contributed by atoms with Crippen LogP contribution in [-0.4, -0.2) is 21.1 Å². The van der Waals surface area contributed by atoms with E-state index in [1.807, 2.05) is 24.3 Å². The minimum atomic E-state index is -0.281. The topological polar surface area (TPSA) is 70.7 Å². The Morgan fingerprint density at radius 1 is 0.963 bits per heavy atom. The highest BCUT2D eigenvalue weighted by atomic mass is 19.1. The molecule has 0 aliphatic heterocycles. The van der Waals surface area contributed by atoms with E-state index in [-0.39, 0.29) is 11.7 Å². The van der Waals surface area contributed by atoms with Crippen LogP contribution in [-0.2, 0) is 0 Å². The molecule has 5 nitrogen and oxygen atoms in total. The molecular weight excluding hydrogens is 343 g/mol. The molecule has 0 bridgehead atoms. The Kier molecular flexibility index (Phi) is 4.45. The zero-order chi connectivity index (χ0) is 18.6. The van der Waals surface area contributed by atoms with Crippen molar-refractivity contribution in [3.8, 4) is 22.4 Å². The van der Waals surface area contributed by atoms with E-state index in [0.29, 0.717) is 16.9 Å². The highest BCUT2D eigenvalue weighted by molar-refractivity contribution is 6.03. The van der Waals surface area contributed by atoms with E-state index in [1.54, 1.807) is 42.6 Å². The molecule has 0 aliphatic carbocycles. The molecule has 2 aromatic carbocycles. The first-order chi connectivity index (χ1) is 13.2. The van der Waals surface area contributed by atoms with Gasteiger partial charge in [-0.1, -0.05) is 42.5 Å². The molecule has 2 aromatic heterocycles. The molecule has 6 heteroatoms. The normalized spacial score (nSPS) is 10.6. The number of carbonyl (C=O) groups excluding carboxylic acids is 1. The summed E-state index contributed by atoms with van der Waals surface area (Å²) in [6.07, 6.45) is 3.10. The maximum absolute atomic E-state index is 13.9. The summed E-state index contributed by atoms with van der Waals surface area (Å²) in [5.74, 6) is -0.125. The van der Waals surface area contributed by atoms with Gasteiger partial charge in [-0.2, -0.15) is 5.10 Å². The molecule has 4 aromatic rings. The molecule has 0 aliphatic rings. The Morgan fingerprint density at radius 2 is 1.74 bits per heavy atom. The molecule has 1 amide bonds. The SMILES string of the molecule is O=C(Nc1cc(-c2ccc(-c3ccccc3F)cc2)[nH]n1)c1cccnc1. The molecule has 2 heterocycles. The molecule has 0 spiro atoms. The van der Waals surface area contributed by atoms with Gasteiger partial charge in [0.05, 0.1) is 11.3 Å². The first kappa shape index (κ1) is 16.7. The first-order valence-corrected chi connectivity index (χ1v) is 8.33. The fourth-order valence-corrected chi connectivity index (χ4v) is 2.74. The zero-order valence-electron chi connectivity index (χ0n) is 14.2. The summed E-state index contributed by atoms with van der Waals surface area (Å²) in [5.41, 5.74) is 3.43. The molecule has 27 heavy (non-hydrogen) atoms. The Morgan fingerprint density at radius 3 is 2.48 bits per heavy atom. The molecule has 0 unspecified atom stereocenters. The van der Waals surface area contributed by atoms with E-state index < -0.39 is 0 Å². The number of H-pyrrole nitrogens is 1. The first-order valence-electron chi connectivity index (χ1n) is 8.33. The van der Waals surface area contributed by atoms with Crippen LogP contribution >= 0.6 is 0 Å². The largest absolute Gasteiger partial charge is 0.305 e. The summed E-state index contributed by atoms with van der Waals surface area (Å²) in [4.78, 5) is 16.1. The number of benzene rings is 2. The highest BCUT2D eigenvalue weighted by Crippen LogP contribution is 2.26. The third-order valence-corrected chi connectivity index (χ3v) is 4.12. The van der Waals surface area contributed by atoms with Gasteiger partial charge >= 0.3 is 0 Å². The van der Waals surface area contributed by atoms with Crippen LogP contribution in [0.3, 0.4) is 0 Å². The van der Waals surface area contributed by atoms with Crippen molar-refractivity contribution in [2.75, 3.05) is 5.32 Å². The Hall–Kier alpha value is -3.80. The van der Waals surface area contributed by atoms with Crippen LogP contribution in [0, 0.1) is 5.82 Å². The number of nitrogens with one attached hydrogen (secondary N) is 2. The van der Waals surface area contributed by atoms with Gasteiger partial charge in [-0.15, -0.1) is 0 Å². The molecule has 4 rings (SSSR count). The van der Waals surface area contributed by atoms with Crippen LogP contribution in [0.25, 0.3) is 22.4 Å². The summed E-state index contributed by atoms with van der Waals surface area (Å²) in [6, 6.07) is 19.2. The van der Waals surface area contributed by atoms with Crippen LogP contribution in [0.1, 0.15) is 10.4 Å². The van der Waals surface area contributed by atoms with E-state index in [2.05, 4.69) is 20.5 Å². The number of aromatic nitrogens is 3. The quantitative estimate of drug-likeness (QED) is 0.563. The summed E-state index contributed by atoms with van der Waals surface area (Å²) >= 11 is 0. The molecule has 0 saturated heterocycles. The van der Waals surface area contributed by atoms with Crippen LogP contribution in [0.2, 0.25) is 0 Å². The second-order valence-electron chi connectivity index (χ2n) is 5.92. The van der Waals surface area contributed by atoms with Crippen molar-refractivity contribution < 1.29 is 9.18 Å². The lowest BCUT2D eigenvalue weighted by Crippen LogP contribution is -2.12. The van der Waals surface area contributed by atoms with Crippen molar-refractivity contribution >= 4 is 11.7 Å². The number of nitrogens with zero attached hydrogens (tertiary/aromatic N) is 2. The van der Waals surface area contributed by atoms with Crippen LogP contribution in [0.5, 0.6) is 0 Å². The number of hydrogen-bond donors (Lipinski definition) is 2. The molecule has 0 fully saturated rings. The van der Waals surface area contributed by atoms with Crippen LogP contribution in [0.4, 0.5) is 10.2 Å². The predicted octanol–water partition coefficient (Wildman–Crippen LogP) is 4.53. The van der Waals surface area contributed by atoms with Gasteiger partial charge in [0.25, 0.3) is 5.91 Å². The van der Waals surface area contributed by atoms with E-state index >= 15 is 0 Å². The molecule has 2 N–H and O–H groups in total. The number of amides is 1. The summed E-state index contributed by atoms with van der Waals surface area (Å²) in [6.45, 7) is 0. The van der Waals surface area contributed by atoms with Crippen LogP contribution < -0.4 is 5.32 Å². The number of aromatic amines is 1. The van der Waals surface area contributed by atoms with E-state index in [1.165, 1.54) is 12.3 Å². The molecule has 0 saturated carbocycles.